The lowest BCUT2D eigenvalue weighted by Crippen LogP contribution is -2.23. The summed E-state index contributed by atoms with van der Waals surface area (Å²) in [5, 5.41) is 10.3. The van der Waals surface area contributed by atoms with Gasteiger partial charge in [0.25, 0.3) is 0 Å². The number of aliphatic hydroxyl groups excluding tert-OH is 1. The molecule has 2 aromatic carbocycles. The molecule has 0 spiro atoms. The molecule has 0 bridgehead atoms. The van der Waals surface area contributed by atoms with Crippen LogP contribution in [-0.2, 0) is 6.54 Å². The molecular weight excluding hydrogens is 304 g/mol. The number of rotatable bonds is 6. The molecule has 0 aliphatic rings. The maximum Gasteiger partial charge on any atom is 0.123 e. The molecule has 0 amide bonds. The van der Waals surface area contributed by atoms with Crippen molar-refractivity contribution in [1.29, 1.82) is 0 Å². The molecule has 5 nitrogen and oxygen atoms in total. The summed E-state index contributed by atoms with van der Waals surface area (Å²) in [6, 6.07) is 11.5. The molecular formula is C19H22N2O3. The number of nitrogens with zero attached hydrogens (tertiary/aromatic N) is 2. The second-order valence-corrected chi connectivity index (χ2v) is 5.97. The molecule has 24 heavy (non-hydrogen) atoms. The molecule has 1 aromatic heterocycles. The maximum atomic E-state index is 10.3. The molecule has 3 aromatic rings. The van der Waals surface area contributed by atoms with Crippen LogP contribution in [0.5, 0.6) is 11.5 Å². The number of methoxy groups -OCH3 is 1. The van der Waals surface area contributed by atoms with Crippen LogP contribution in [-0.4, -0.2) is 34.5 Å². The van der Waals surface area contributed by atoms with Crippen LogP contribution in [0.25, 0.3) is 11.0 Å². The Labute approximate surface area is 141 Å². The zero-order valence-corrected chi connectivity index (χ0v) is 14.2. The summed E-state index contributed by atoms with van der Waals surface area (Å²) in [5.74, 6) is 1.41. The number of hydrogen-bond donors (Lipinski definition) is 1. The van der Waals surface area contributed by atoms with E-state index in [1.54, 1.807) is 19.5 Å². The Kier molecular flexibility index (Phi) is 4.71. The van der Waals surface area contributed by atoms with Crippen molar-refractivity contribution < 1.29 is 14.6 Å². The number of ether oxygens (including phenoxy) is 2. The van der Waals surface area contributed by atoms with Crippen LogP contribution in [0.3, 0.4) is 0 Å². The molecule has 0 saturated heterocycles. The first kappa shape index (κ1) is 16.3. The average Bonchev–Trinajstić information content (AvgIpc) is 2.95. The van der Waals surface area contributed by atoms with E-state index in [1.807, 2.05) is 22.8 Å². The molecule has 0 fully saturated rings. The van der Waals surface area contributed by atoms with Crippen molar-refractivity contribution in [3.8, 4) is 11.5 Å². The first-order valence-corrected chi connectivity index (χ1v) is 7.94. The molecule has 0 saturated carbocycles. The van der Waals surface area contributed by atoms with Crippen molar-refractivity contribution in [3.63, 3.8) is 0 Å². The van der Waals surface area contributed by atoms with Gasteiger partial charge < -0.3 is 19.1 Å². The van der Waals surface area contributed by atoms with E-state index in [1.165, 1.54) is 11.1 Å². The molecule has 0 radical (unpaired) electrons. The highest BCUT2D eigenvalue weighted by atomic mass is 16.5. The topological polar surface area (TPSA) is 56.5 Å². The van der Waals surface area contributed by atoms with E-state index in [0.717, 1.165) is 16.8 Å². The predicted molar refractivity (Wildman–Crippen MR) is 93.7 cm³/mol. The number of aryl methyl sites for hydroxylation is 2. The van der Waals surface area contributed by atoms with E-state index in [9.17, 15) is 5.11 Å². The highest BCUT2D eigenvalue weighted by molar-refractivity contribution is 5.77. The van der Waals surface area contributed by atoms with Crippen molar-refractivity contribution in [3.05, 3.63) is 53.9 Å². The van der Waals surface area contributed by atoms with Gasteiger partial charge in [0.05, 0.1) is 31.0 Å². The van der Waals surface area contributed by atoms with Gasteiger partial charge in [-0.2, -0.15) is 0 Å². The quantitative estimate of drug-likeness (QED) is 0.756. The fraction of sp³-hybridized carbons (Fsp3) is 0.316. The van der Waals surface area contributed by atoms with Gasteiger partial charge >= 0.3 is 0 Å². The van der Waals surface area contributed by atoms with Gasteiger partial charge in [-0.3, -0.25) is 0 Å². The smallest absolute Gasteiger partial charge is 0.123 e. The third-order valence-electron chi connectivity index (χ3n) is 4.13. The Morgan fingerprint density at radius 1 is 1.12 bits per heavy atom. The summed E-state index contributed by atoms with van der Waals surface area (Å²) >= 11 is 0. The number of aromatic nitrogens is 2. The minimum atomic E-state index is -0.629. The van der Waals surface area contributed by atoms with Gasteiger partial charge in [0.1, 0.15) is 24.2 Å². The maximum absolute atomic E-state index is 10.3. The number of aliphatic hydroxyl groups is 1. The zero-order chi connectivity index (χ0) is 17.1. The molecule has 0 aliphatic carbocycles. The van der Waals surface area contributed by atoms with E-state index in [0.29, 0.717) is 12.3 Å². The summed E-state index contributed by atoms with van der Waals surface area (Å²) in [6.45, 7) is 4.79. The lowest BCUT2D eigenvalue weighted by Gasteiger charge is -2.14. The van der Waals surface area contributed by atoms with E-state index in [-0.39, 0.29) is 6.61 Å². The number of benzene rings is 2. The predicted octanol–water partition coefficient (Wildman–Crippen LogP) is 3.10. The van der Waals surface area contributed by atoms with Gasteiger partial charge in [0.15, 0.2) is 0 Å². The second kappa shape index (κ2) is 6.93. The van der Waals surface area contributed by atoms with Crippen LogP contribution in [0.1, 0.15) is 11.1 Å². The largest absolute Gasteiger partial charge is 0.497 e. The fourth-order valence-electron chi connectivity index (χ4n) is 2.62. The highest BCUT2D eigenvalue weighted by Crippen LogP contribution is 2.20. The van der Waals surface area contributed by atoms with Crippen molar-refractivity contribution in [1.82, 2.24) is 9.55 Å². The van der Waals surface area contributed by atoms with E-state index in [4.69, 9.17) is 9.47 Å². The van der Waals surface area contributed by atoms with Crippen LogP contribution < -0.4 is 9.47 Å². The first-order valence-electron chi connectivity index (χ1n) is 7.94. The van der Waals surface area contributed by atoms with Gasteiger partial charge in [0.2, 0.25) is 0 Å². The fourth-order valence-corrected chi connectivity index (χ4v) is 2.62. The van der Waals surface area contributed by atoms with Crippen molar-refractivity contribution >= 4 is 11.0 Å². The van der Waals surface area contributed by atoms with E-state index < -0.39 is 6.10 Å². The van der Waals surface area contributed by atoms with Gasteiger partial charge in [0, 0.05) is 6.07 Å². The van der Waals surface area contributed by atoms with Crippen LogP contribution in [0.4, 0.5) is 0 Å². The average molecular weight is 326 g/mol. The summed E-state index contributed by atoms with van der Waals surface area (Å²) in [6.07, 6.45) is 1.13. The van der Waals surface area contributed by atoms with Crippen molar-refractivity contribution in [2.75, 3.05) is 13.7 Å². The monoisotopic (exact) mass is 326 g/mol. The summed E-state index contributed by atoms with van der Waals surface area (Å²) < 4.78 is 12.8. The Morgan fingerprint density at radius 3 is 2.67 bits per heavy atom. The van der Waals surface area contributed by atoms with Crippen LogP contribution >= 0.6 is 0 Å². The molecule has 1 N–H and O–H groups in total. The highest BCUT2D eigenvalue weighted by Gasteiger charge is 2.11. The normalized spacial score (nSPS) is 12.3. The standard InChI is InChI=1S/C19H22N2O3/c1-13-7-18-19(8-14(13)2)21(12-20-18)10-15(22)11-24-17-6-4-5-16(9-17)23-3/h4-9,12,15,22H,10-11H2,1-3H3/t15-/m1/s1. The SMILES string of the molecule is COc1cccc(OC[C@H](O)Cn2cnc3cc(C)c(C)cc32)c1. The minimum absolute atomic E-state index is 0.206. The first-order chi connectivity index (χ1) is 11.6. The third-order valence-corrected chi connectivity index (χ3v) is 4.13. The zero-order valence-electron chi connectivity index (χ0n) is 14.2. The minimum Gasteiger partial charge on any atom is -0.497 e. The summed E-state index contributed by atoms with van der Waals surface area (Å²) in [5.41, 5.74) is 4.40. The number of fused-ring (bicyclic) bond motifs is 1. The Balaban J connectivity index is 1.66. The summed E-state index contributed by atoms with van der Waals surface area (Å²) in [7, 11) is 1.61. The molecule has 0 aliphatic heterocycles. The number of imidazole rings is 1. The Hall–Kier alpha value is -2.53. The van der Waals surface area contributed by atoms with Gasteiger partial charge in [-0.05, 0) is 49.2 Å². The van der Waals surface area contributed by atoms with Crippen LogP contribution in [0.15, 0.2) is 42.7 Å². The van der Waals surface area contributed by atoms with Crippen molar-refractivity contribution in [2.45, 2.75) is 26.5 Å². The molecule has 1 heterocycles. The molecule has 1 atom stereocenters. The van der Waals surface area contributed by atoms with Gasteiger partial charge in [-0.15, -0.1) is 0 Å². The van der Waals surface area contributed by atoms with Crippen molar-refractivity contribution in [2.24, 2.45) is 0 Å². The van der Waals surface area contributed by atoms with E-state index in [2.05, 4.69) is 31.0 Å². The molecule has 3 rings (SSSR count). The lowest BCUT2D eigenvalue weighted by molar-refractivity contribution is 0.0933. The Morgan fingerprint density at radius 2 is 1.88 bits per heavy atom. The van der Waals surface area contributed by atoms with Crippen LogP contribution in [0, 0.1) is 13.8 Å². The van der Waals surface area contributed by atoms with Gasteiger partial charge in [-0.25, -0.2) is 4.98 Å². The van der Waals surface area contributed by atoms with Crippen LogP contribution in [0.2, 0.25) is 0 Å². The second-order valence-electron chi connectivity index (χ2n) is 5.97. The number of hydrogen-bond acceptors (Lipinski definition) is 4. The van der Waals surface area contributed by atoms with Gasteiger partial charge in [-0.1, -0.05) is 6.07 Å². The molecule has 5 heteroatoms. The Bertz CT molecular complexity index is 842. The third kappa shape index (κ3) is 3.51. The van der Waals surface area contributed by atoms with E-state index >= 15 is 0 Å². The summed E-state index contributed by atoms with van der Waals surface area (Å²) in [4.78, 5) is 4.41. The lowest BCUT2D eigenvalue weighted by atomic mass is 10.1. The molecule has 0 unspecified atom stereocenters. The molecule has 126 valence electrons.